The maximum Gasteiger partial charge on any atom is 0.258 e. The number of nitrogens with one attached hydrogen (secondary N) is 1. The first-order valence-corrected chi connectivity index (χ1v) is 9.73. The maximum atomic E-state index is 12.8. The van der Waals surface area contributed by atoms with E-state index in [0.717, 1.165) is 17.4 Å². The van der Waals surface area contributed by atoms with Gasteiger partial charge in [-0.05, 0) is 35.4 Å². The second-order valence-electron chi connectivity index (χ2n) is 5.85. The highest BCUT2D eigenvalue weighted by atomic mass is 32.2. The molecule has 0 aromatic heterocycles. The zero-order valence-corrected chi connectivity index (χ0v) is 15.4. The van der Waals surface area contributed by atoms with Crippen LogP contribution in [0, 0.1) is 5.82 Å². The number of rotatable bonds is 8. The quantitative estimate of drug-likeness (QED) is 0.759. The van der Waals surface area contributed by atoms with Crippen molar-refractivity contribution >= 4 is 15.9 Å². The average Bonchev–Trinajstić information content (AvgIpc) is 2.60. The van der Waals surface area contributed by atoms with Crippen molar-refractivity contribution in [2.24, 2.45) is 0 Å². The first-order valence-electron chi connectivity index (χ1n) is 7.88. The van der Waals surface area contributed by atoms with Gasteiger partial charge in [0.2, 0.25) is 10.0 Å². The van der Waals surface area contributed by atoms with Crippen molar-refractivity contribution in [1.29, 1.82) is 0 Å². The molecule has 2 rings (SSSR count). The van der Waals surface area contributed by atoms with Crippen molar-refractivity contribution in [2.75, 3.05) is 19.9 Å². The Balaban J connectivity index is 1.78. The molecule has 0 bridgehead atoms. The molecule has 6 nitrogen and oxygen atoms in total. The molecular weight excluding hydrogens is 359 g/mol. The van der Waals surface area contributed by atoms with Crippen LogP contribution < -0.4 is 10.1 Å². The Kier molecular flexibility index (Phi) is 6.70. The van der Waals surface area contributed by atoms with Gasteiger partial charge in [-0.25, -0.2) is 17.1 Å². The van der Waals surface area contributed by atoms with Gasteiger partial charge in [0.1, 0.15) is 11.6 Å². The lowest BCUT2D eigenvalue weighted by Gasteiger charge is -2.14. The van der Waals surface area contributed by atoms with Crippen molar-refractivity contribution in [3.63, 3.8) is 0 Å². The summed E-state index contributed by atoms with van der Waals surface area (Å²) in [6.07, 6.45) is 1.15. The van der Waals surface area contributed by atoms with E-state index in [4.69, 9.17) is 4.74 Å². The van der Waals surface area contributed by atoms with Crippen LogP contribution >= 0.6 is 0 Å². The summed E-state index contributed by atoms with van der Waals surface area (Å²) in [5.41, 5.74) is 1.60. The minimum Gasteiger partial charge on any atom is -0.484 e. The van der Waals surface area contributed by atoms with Gasteiger partial charge in [-0.1, -0.05) is 24.3 Å². The molecule has 0 aliphatic rings. The minimum absolute atomic E-state index is 0.149. The largest absolute Gasteiger partial charge is 0.484 e. The summed E-state index contributed by atoms with van der Waals surface area (Å²) in [4.78, 5) is 11.8. The lowest BCUT2D eigenvalue weighted by molar-refractivity contribution is -0.123. The van der Waals surface area contributed by atoms with Crippen LogP contribution in [-0.4, -0.2) is 38.5 Å². The standard InChI is InChI=1S/C18H21FN2O4S/c1-21(26(2,23)24)12-15-5-9-17(10-6-15)25-13-18(22)20-11-14-3-7-16(19)8-4-14/h3-10H,11-13H2,1-2H3,(H,20,22). The second-order valence-corrected chi connectivity index (χ2v) is 7.94. The molecule has 0 saturated heterocycles. The van der Waals surface area contributed by atoms with Gasteiger partial charge in [-0.15, -0.1) is 0 Å². The van der Waals surface area contributed by atoms with Crippen molar-refractivity contribution in [2.45, 2.75) is 13.1 Å². The van der Waals surface area contributed by atoms with Gasteiger partial charge in [-0.3, -0.25) is 4.79 Å². The van der Waals surface area contributed by atoms with Gasteiger partial charge in [0.25, 0.3) is 5.91 Å². The molecule has 0 unspecified atom stereocenters. The summed E-state index contributed by atoms with van der Waals surface area (Å²) in [6, 6.07) is 12.7. The number of nitrogens with zero attached hydrogens (tertiary/aromatic N) is 1. The van der Waals surface area contributed by atoms with Crippen LogP contribution in [0.15, 0.2) is 48.5 Å². The molecule has 0 spiro atoms. The van der Waals surface area contributed by atoms with E-state index in [-0.39, 0.29) is 24.9 Å². The number of hydrogen-bond acceptors (Lipinski definition) is 4. The molecule has 1 N–H and O–H groups in total. The normalized spacial score (nSPS) is 11.4. The number of amides is 1. The number of sulfonamides is 1. The smallest absolute Gasteiger partial charge is 0.258 e. The molecule has 26 heavy (non-hydrogen) atoms. The van der Waals surface area contributed by atoms with E-state index in [1.807, 2.05) is 0 Å². The highest BCUT2D eigenvalue weighted by Crippen LogP contribution is 2.14. The first-order chi connectivity index (χ1) is 12.2. The van der Waals surface area contributed by atoms with Crippen LogP contribution in [0.4, 0.5) is 4.39 Å². The van der Waals surface area contributed by atoms with Crippen molar-refractivity contribution in [1.82, 2.24) is 9.62 Å². The highest BCUT2D eigenvalue weighted by Gasteiger charge is 2.11. The summed E-state index contributed by atoms with van der Waals surface area (Å²) in [7, 11) is -1.73. The number of carbonyl (C=O) groups excluding carboxylic acids is 1. The summed E-state index contributed by atoms with van der Waals surface area (Å²) >= 11 is 0. The molecule has 1 amide bonds. The summed E-state index contributed by atoms with van der Waals surface area (Å²) in [5, 5.41) is 2.68. The number of hydrogen-bond donors (Lipinski definition) is 1. The Morgan fingerprint density at radius 3 is 2.23 bits per heavy atom. The van der Waals surface area contributed by atoms with Gasteiger partial charge in [0.05, 0.1) is 6.26 Å². The van der Waals surface area contributed by atoms with E-state index in [2.05, 4.69) is 5.32 Å². The van der Waals surface area contributed by atoms with Gasteiger partial charge in [0.15, 0.2) is 6.61 Å². The molecule has 0 aliphatic carbocycles. The molecule has 0 aliphatic heterocycles. The third kappa shape index (κ3) is 6.45. The van der Waals surface area contributed by atoms with Crippen LogP contribution in [0.1, 0.15) is 11.1 Å². The average molecular weight is 380 g/mol. The second kappa shape index (κ2) is 8.77. The van der Waals surface area contributed by atoms with Crippen LogP contribution in [0.3, 0.4) is 0 Å². The van der Waals surface area contributed by atoms with Crippen LogP contribution in [0.2, 0.25) is 0 Å². The molecule has 0 heterocycles. The number of ether oxygens (including phenoxy) is 1. The monoisotopic (exact) mass is 380 g/mol. The SMILES string of the molecule is CN(Cc1ccc(OCC(=O)NCc2ccc(F)cc2)cc1)S(C)(=O)=O. The van der Waals surface area contributed by atoms with E-state index in [9.17, 15) is 17.6 Å². The van der Waals surface area contributed by atoms with Crippen molar-refractivity contribution in [3.05, 3.63) is 65.5 Å². The zero-order chi connectivity index (χ0) is 19.2. The molecular formula is C18H21FN2O4S. The van der Waals surface area contributed by atoms with E-state index in [1.54, 1.807) is 36.4 Å². The Bertz CT molecular complexity index is 836. The Morgan fingerprint density at radius 2 is 1.65 bits per heavy atom. The van der Waals surface area contributed by atoms with E-state index in [1.165, 1.54) is 23.5 Å². The molecule has 0 saturated carbocycles. The van der Waals surface area contributed by atoms with Crippen molar-refractivity contribution in [3.8, 4) is 5.75 Å². The Labute approximate surface area is 152 Å². The number of halogens is 1. The lowest BCUT2D eigenvalue weighted by Crippen LogP contribution is -2.28. The molecule has 0 radical (unpaired) electrons. The van der Waals surface area contributed by atoms with Crippen LogP contribution in [-0.2, 0) is 27.9 Å². The molecule has 0 fully saturated rings. The lowest BCUT2D eigenvalue weighted by atomic mass is 10.2. The van der Waals surface area contributed by atoms with Gasteiger partial charge < -0.3 is 10.1 Å². The summed E-state index contributed by atoms with van der Waals surface area (Å²) in [5.74, 6) is -0.113. The third-order valence-corrected chi connectivity index (χ3v) is 4.93. The van der Waals surface area contributed by atoms with Gasteiger partial charge >= 0.3 is 0 Å². The number of benzene rings is 2. The fraction of sp³-hybridized carbons (Fsp3) is 0.278. The van der Waals surface area contributed by atoms with Gasteiger partial charge in [0, 0.05) is 20.1 Å². The minimum atomic E-state index is -3.24. The molecule has 2 aromatic carbocycles. The predicted octanol–water partition coefficient (Wildman–Crippen LogP) is 1.91. The molecule has 0 atom stereocenters. The fourth-order valence-electron chi connectivity index (χ4n) is 2.07. The van der Waals surface area contributed by atoms with Gasteiger partial charge in [-0.2, -0.15) is 0 Å². The zero-order valence-electron chi connectivity index (χ0n) is 14.6. The predicted molar refractivity (Wildman–Crippen MR) is 96.5 cm³/mol. The fourth-order valence-corrected chi connectivity index (χ4v) is 2.45. The Morgan fingerprint density at radius 1 is 1.08 bits per heavy atom. The molecule has 140 valence electrons. The topological polar surface area (TPSA) is 75.7 Å². The summed E-state index contributed by atoms with van der Waals surface area (Å²) < 4.78 is 42.2. The molecule has 8 heteroatoms. The van der Waals surface area contributed by atoms with E-state index in [0.29, 0.717) is 12.3 Å². The highest BCUT2D eigenvalue weighted by molar-refractivity contribution is 7.88. The molecule has 2 aromatic rings. The summed E-state index contributed by atoms with van der Waals surface area (Å²) in [6.45, 7) is 0.403. The van der Waals surface area contributed by atoms with Crippen LogP contribution in [0.25, 0.3) is 0 Å². The van der Waals surface area contributed by atoms with E-state index >= 15 is 0 Å². The van der Waals surface area contributed by atoms with Crippen molar-refractivity contribution < 1.29 is 22.3 Å². The first kappa shape index (κ1) is 19.9. The number of carbonyl (C=O) groups is 1. The van der Waals surface area contributed by atoms with Crippen LogP contribution in [0.5, 0.6) is 5.75 Å². The Hall–Kier alpha value is -2.45. The third-order valence-electron chi connectivity index (χ3n) is 3.67. The van der Waals surface area contributed by atoms with E-state index < -0.39 is 10.0 Å². The maximum absolute atomic E-state index is 12.8.